The third kappa shape index (κ3) is 1.25. The van der Waals surface area contributed by atoms with Gasteiger partial charge in [-0.1, -0.05) is 24.3 Å². The van der Waals surface area contributed by atoms with Crippen molar-refractivity contribution in [2.75, 3.05) is 7.05 Å². The molecule has 2 rings (SSSR count). The molecule has 1 aliphatic rings. The van der Waals surface area contributed by atoms with Crippen LogP contribution in [0.5, 0.6) is 0 Å². The number of hydrogen-bond donors (Lipinski definition) is 1. The zero-order valence-corrected chi connectivity index (χ0v) is 7.59. The topological polar surface area (TPSA) is 16.6 Å². The predicted octanol–water partition coefficient (Wildman–Crippen LogP) is 1.26. The summed E-state index contributed by atoms with van der Waals surface area (Å²) < 4.78 is 0. The normalized spacial score (nSPS) is 21.9. The van der Waals surface area contributed by atoms with Crippen LogP contribution in [0.3, 0.4) is 0 Å². The highest BCUT2D eigenvalue weighted by Gasteiger charge is 2.20. The molecule has 0 fully saturated rings. The smallest absolute Gasteiger partial charge is 0.112 e. The van der Waals surface area contributed by atoms with Crippen LogP contribution in [0, 0.1) is 0 Å². The van der Waals surface area contributed by atoms with Crippen LogP contribution < -0.4 is 5.32 Å². The Morgan fingerprint density at radius 3 is 3.00 bits per heavy atom. The van der Waals surface area contributed by atoms with E-state index in [1.165, 1.54) is 19.3 Å². The zero-order chi connectivity index (χ0) is 8.39. The Labute approximate surface area is 73.8 Å². The van der Waals surface area contributed by atoms with E-state index in [9.17, 15) is 0 Å². The van der Waals surface area contributed by atoms with Crippen LogP contribution in [0.1, 0.15) is 30.0 Å². The third-order valence-corrected chi connectivity index (χ3v) is 2.82. The maximum absolute atomic E-state index is 2.33. The quantitative estimate of drug-likeness (QED) is 0.640. The molecule has 0 spiro atoms. The second kappa shape index (κ2) is 3.28. The average molecular weight is 162 g/mol. The average Bonchev–Trinajstić information content (AvgIpc) is 2.17. The number of quaternary nitrogens is 1. The van der Waals surface area contributed by atoms with E-state index in [4.69, 9.17) is 0 Å². The molecule has 0 heterocycles. The standard InChI is InChI=1S/C11H15N/c1-12-11-8-4-6-9-5-2-3-7-10(9)11/h2-3,5,7,11-12H,4,6,8H2,1H3/p+1/t11-/m1/s1. The summed E-state index contributed by atoms with van der Waals surface area (Å²) in [7, 11) is 2.17. The van der Waals surface area contributed by atoms with Gasteiger partial charge in [-0.15, -0.1) is 0 Å². The molecule has 0 amide bonds. The fourth-order valence-electron chi connectivity index (χ4n) is 2.14. The van der Waals surface area contributed by atoms with Gasteiger partial charge in [-0.3, -0.25) is 0 Å². The summed E-state index contributed by atoms with van der Waals surface area (Å²) in [5, 5.41) is 2.33. The lowest BCUT2D eigenvalue weighted by Crippen LogP contribution is -2.81. The number of rotatable bonds is 1. The molecule has 1 atom stereocenters. The summed E-state index contributed by atoms with van der Waals surface area (Å²) in [4.78, 5) is 0. The van der Waals surface area contributed by atoms with E-state index in [2.05, 4.69) is 36.6 Å². The van der Waals surface area contributed by atoms with Crippen molar-refractivity contribution >= 4 is 0 Å². The molecule has 0 aromatic heterocycles. The van der Waals surface area contributed by atoms with Gasteiger partial charge in [0.25, 0.3) is 0 Å². The second-order valence-electron chi connectivity index (χ2n) is 3.53. The molecule has 0 radical (unpaired) electrons. The minimum absolute atomic E-state index is 0.718. The number of benzene rings is 1. The van der Waals surface area contributed by atoms with Gasteiger partial charge < -0.3 is 5.32 Å². The molecule has 1 aromatic rings. The largest absolute Gasteiger partial charge is 0.342 e. The second-order valence-corrected chi connectivity index (χ2v) is 3.53. The Morgan fingerprint density at radius 2 is 2.17 bits per heavy atom. The molecule has 0 aliphatic heterocycles. The zero-order valence-electron chi connectivity index (χ0n) is 7.59. The van der Waals surface area contributed by atoms with Gasteiger partial charge in [-0.2, -0.15) is 0 Å². The van der Waals surface area contributed by atoms with Crippen LogP contribution >= 0.6 is 0 Å². The summed E-state index contributed by atoms with van der Waals surface area (Å²) >= 11 is 0. The molecular formula is C11H16N+. The summed E-state index contributed by atoms with van der Waals surface area (Å²) in [5.74, 6) is 0. The summed E-state index contributed by atoms with van der Waals surface area (Å²) in [5.41, 5.74) is 3.12. The van der Waals surface area contributed by atoms with Crippen molar-refractivity contribution in [1.29, 1.82) is 0 Å². The molecule has 12 heavy (non-hydrogen) atoms. The predicted molar refractivity (Wildman–Crippen MR) is 50.0 cm³/mol. The minimum Gasteiger partial charge on any atom is -0.342 e. The monoisotopic (exact) mass is 162 g/mol. The number of aryl methyl sites for hydroxylation is 1. The van der Waals surface area contributed by atoms with Crippen LogP contribution in [-0.2, 0) is 6.42 Å². The fourth-order valence-corrected chi connectivity index (χ4v) is 2.14. The van der Waals surface area contributed by atoms with Crippen LogP contribution in [0.25, 0.3) is 0 Å². The van der Waals surface area contributed by atoms with E-state index in [-0.39, 0.29) is 0 Å². The van der Waals surface area contributed by atoms with Gasteiger partial charge in [0.15, 0.2) is 0 Å². The number of nitrogens with two attached hydrogens (primary N) is 1. The van der Waals surface area contributed by atoms with Crippen molar-refractivity contribution in [3.63, 3.8) is 0 Å². The van der Waals surface area contributed by atoms with Crippen LogP contribution in [0.2, 0.25) is 0 Å². The summed E-state index contributed by atoms with van der Waals surface area (Å²) in [6.45, 7) is 0. The van der Waals surface area contributed by atoms with E-state index in [1.807, 2.05) is 0 Å². The molecule has 2 N–H and O–H groups in total. The summed E-state index contributed by atoms with van der Waals surface area (Å²) in [6.07, 6.45) is 3.97. The summed E-state index contributed by atoms with van der Waals surface area (Å²) in [6, 6.07) is 9.57. The highest BCUT2D eigenvalue weighted by Crippen LogP contribution is 2.26. The first-order valence-electron chi connectivity index (χ1n) is 4.79. The molecule has 0 saturated carbocycles. The van der Waals surface area contributed by atoms with Crippen molar-refractivity contribution in [1.82, 2.24) is 0 Å². The molecule has 1 aliphatic carbocycles. The van der Waals surface area contributed by atoms with Gasteiger partial charge in [-0.05, 0) is 18.4 Å². The van der Waals surface area contributed by atoms with E-state index in [0.29, 0.717) is 0 Å². The molecule has 64 valence electrons. The minimum atomic E-state index is 0.718. The van der Waals surface area contributed by atoms with Crippen molar-refractivity contribution in [3.05, 3.63) is 35.4 Å². The molecule has 0 bridgehead atoms. The maximum Gasteiger partial charge on any atom is 0.112 e. The molecule has 1 nitrogen and oxygen atoms in total. The molecule has 0 unspecified atom stereocenters. The Hall–Kier alpha value is -0.820. The van der Waals surface area contributed by atoms with Crippen LogP contribution in [0.15, 0.2) is 24.3 Å². The van der Waals surface area contributed by atoms with Crippen molar-refractivity contribution in [2.24, 2.45) is 0 Å². The first-order valence-corrected chi connectivity index (χ1v) is 4.79. The SMILES string of the molecule is C[NH2+][C@@H]1CCCc2ccccc21. The van der Waals surface area contributed by atoms with E-state index >= 15 is 0 Å². The third-order valence-electron chi connectivity index (χ3n) is 2.82. The van der Waals surface area contributed by atoms with Gasteiger partial charge in [0.1, 0.15) is 6.04 Å². The lowest BCUT2D eigenvalue weighted by atomic mass is 9.88. The highest BCUT2D eigenvalue weighted by atomic mass is 14.9. The Bertz CT molecular complexity index is 267. The van der Waals surface area contributed by atoms with Crippen LogP contribution in [-0.4, -0.2) is 7.05 Å². The molecule has 0 saturated heterocycles. The maximum atomic E-state index is 2.33. The Kier molecular flexibility index (Phi) is 2.13. The van der Waals surface area contributed by atoms with Gasteiger partial charge in [0.2, 0.25) is 0 Å². The first kappa shape index (κ1) is 7.81. The van der Waals surface area contributed by atoms with E-state index in [1.54, 1.807) is 11.1 Å². The van der Waals surface area contributed by atoms with Gasteiger partial charge in [-0.25, -0.2) is 0 Å². The van der Waals surface area contributed by atoms with Crippen LogP contribution in [0.4, 0.5) is 0 Å². The molecule has 1 heteroatoms. The lowest BCUT2D eigenvalue weighted by molar-refractivity contribution is -0.671. The van der Waals surface area contributed by atoms with Crippen molar-refractivity contribution < 1.29 is 5.32 Å². The lowest BCUT2D eigenvalue weighted by Gasteiger charge is -2.21. The Morgan fingerprint density at radius 1 is 1.33 bits per heavy atom. The Balaban J connectivity index is 2.37. The van der Waals surface area contributed by atoms with Gasteiger partial charge in [0.05, 0.1) is 7.05 Å². The fraction of sp³-hybridized carbons (Fsp3) is 0.455. The first-order chi connectivity index (χ1) is 5.92. The van der Waals surface area contributed by atoms with Crippen molar-refractivity contribution in [2.45, 2.75) is 25.3 Å². The van der Waals surface area contributed by atoms with E-state index < -0.39 is 0 Å². The van der Waals surface area contributed by atoms with Crippen molar-refractivity contribution in [3.8, 4) is 0 Å². The van der Waals surface area contributed by atoms with E-state index in [0.717, 1.165) is 6.04 Å². The number of fused-ring (bicyclic) bond motifs is 1. The number of hydrogen-bond acceptors (Lipinski definition) is 0. The van der Waals surface area contributed by atoms with Gasteiger partial charge in [0, 0.05) is 12.0 Å². The van der Waals surface area contributed by atoms with Gasteiger partial charge >= 0.3 is 0 Å². The molecule has 1 aromatic carbocycles. The molecular weight excluding hydrogens is 146 g/mol. The highest BCUT2D eigenvalue weighted by molar-refractivity contribution is 5.30.